The third-order valence-electron chi connectivity index (χ3n) is 5.31. The summed E-state index contributed by atoms with van der Waals surface area (Å²) in [7, 11) is -3.39. The van der Waals surface area contributed by atoms with Crippen LogP contribution in [0.1, 0.15) is 28.1 Å². The molecule has 2 fully saturated rings. The van der Waals surface area contributed by atoms with E-state index in [1.54, 1.807) is 32.3 Å². The SMILES string of the molecule is O=C(c1ccccc1SCc1cccs1)N1CCN(S(=O)(=O)N2CCCC2)CC1. The number of nitrogens with zero attached hydrogens (tertiary/aromatic N) is 3. The van der Waals surface area contributed by atoms with E-state index in [0.717, 1.165) is 23.5 Å². The lowest BCUT2D eigenvalue weighted by atomic mass is 10.2. The second-order valence-corrected chi connectivity index (χ2v) is 11.1. The summed E-state index contributed by atoms with van der Waals surface area (Å²) < 4.78 is 28.6. The van der Waals surface area contributed by atoms with Crippen molar-refractivity contribution < 1.29 is 13.2 Å². The molecule has 0 atom stereocenters. The lowest BCUT2D eigenvalue weighted by Crippen LogP contribution is -2.53. The molecule has 2 aliphatic heterocycles. The molecule has 1 amide bonds. The molecule has 4 rings (SSSR count). The Hall–Kier alpha value is -1.39. The molecule has 0 radical (unpaired) electrons. The molecule has 0 spiro atoms. The maximum atomic E-state index is 13.1. The zero-order valence-electron chi connectivity index (χ0n) is 16.2. The van der Waals surface area contributed by atoms with Crippen LogP contribution in [0.3, 0.4) is 0 Å². The summed E-state index contributed by atoms with van der Waals surface area (Å²) in [5.74, 6) is 0.821. The van der Waals surface area contributed by atoms with Crippen molar-refractivity contribution in [3.05, 3.63) is 52.2 Å². The second-order valence-electron chi connectivity index (χ2n) is 7.17. The van der Waals surface area contributed by atoms with Crippen LogP contribution in [-0.2, 0) is 16.0 Å². The molecule has 2 saturated heterocycles. The van der Waals surface area contributed by atoms with E-state index in [4.69, 9.17) is 0 Å². The number of carbonyl (C=O) groups is 1. The first-order chi connectivity index (χ1) is 14.1. The fraction of sp³-hybridized carbons (Fsp3) is 0.450. The third kappa shape index (κ3) is 4.69. The lowest BCUT2D eigenvalue weighted by Gasteiger charge is -2.36. The second kappa shape index (κ2) is 9.18. The van der Waals surface area contributed by atoms with E-state index in [-0.39, 0.29) is 5.91 Å². The molecular weight excluding hydrogens is 426 g/mol. The van der Waals surface area contributed by atoms with Gasteiger partial charge in [0.25, 0.3) is 16.1 Å². The predicted molar refractivity (Wildman–Crippen MR) is 118 cm³/mol. The van der Waals surface area contributed by atoms with E-state index in [9.17, 15) is 13.2 Å². The summed E-state index contributed by atoms with van der Waals surface area (Å²) in [6, 6.07) is 11.8. The monoisotopic (exact) mass is 451 g/mol. The number of piperazine rings is 1. The number of rotatable bonds is 6. The van der Waals surface area contributed by atoms with Gasteiger partial charge in [0.15, 0.2) is 0 Å². The van der Waals surface area contributed by atoms with Gasteiger partial charge in [-0.05, 0) is 36.4 Å². The molecule has 0 unspecified atom stereocenters. The summed E-state index contributed by atoms with van der Waals surface area (Å²) in [6.07, 6.45) is 1.86. The minimum Gasteiger partial charge on any atom is -0.336 e. The van der Waals surface area contributed by atoms with Crippen molar-refractivity contribution in [2.24, 2.45) is 0 Å². The summed E-state index contributed by atoms with van der Waals surface area (Å²) in [4.78, 5) is 17.2. The van der Waals surface area contributed by atoms with Crippen molar-refractivity contribution in [2.45, 2.75) is 23.5 Å². The molecule has 2 aromatic rings. The molecule has 3 heterocycles. The number of benzene rings is 1. The summed E-state index contributed by atoms with van der Waals surface area (Å²) >= 11 is 3.38. The predicted octanol–water partition coefficient (Wildman–Crippen LogP) is 3.14. The molecule has 0 saturated carbocycles. The van der Waals surface area contributed by atoms with Crippen LogP contribution in [-0.4, -0.2) is 67.1 Å². The minimum absolute atomic E-state index is 0.0162. The van der Waals surface area contributed by atoms with Gasteiger partial charge in [-0.1, -0.05) is 18.2 Å². The van der Waals surface area contributed by atoms with Crippen LogP contribution in [0.5, 0.6) is 0 Å². The Balaban J connectivity index is 1.39. The van der Waals surface area contributed by atoms with Gasteiger partial charge in [0, 0.05) is 54.8 Å². The van der Waals surface area contributed by atoms with Gasteiger partial charge in [0.1, 0.15) is 0 Å². The topological polar surface area (TPSA) is 60.9 Å². The third-order valence-corrected chi connectivity index (χ3v) is 9.53. The molecule has 0 bridgehead atoms. The Morgan fingerprint density at radius 1 is 0.931 bits per heavy atom. The van der Waals surface area contributed by atoms with Gasteiger partial charge in [-0.15, -0.1) is 23.1 Å². The van der Waals surface area contributed by atoms with Crippen molar-refractivity contribution in [2.75, 3.05) is 39.3 Å². The number of amides is 1. The fourth-order valence-corrected chi connectivity index (χ4v) is 7.18. The first kappa shape index (κ1) is 20.9. The van der Waals surface area contributed by atoms with Gasteiger partial charge >= 0.3 is 0 Å². The van der Waals surface area contributed by atoms with E-state index < -0.39 is 10.2 Å². The highest BCUT2D eigenvalue weighted by molar-refractivity contribution is 7.98. The van der Waals surface area contributed by atoms with Crippen LogP contribution in [0.25, 0.3) is 0 Å². The highest BCUT2D eigenvalue weighted by atomic mass is 32.2. The van der Waals surface area contributed by atoms with E-state index in [2.05, 4.69) is 11.4 Å². The molecule has 0 aliphatic carbocycles. The average Bonchev–Trinajstić information content (AvgIpc) is 3.46. The zero-order chi connectivity index (χ0) is 20.3. The number of hydrogen-bond acceptors (Lipinski definition) is 5. The highest BCUT2D eigenvalue weighted by Gasteiger charge is 2.35. The van der Waals surface area contributed by atoms with Crippen molar-refractivity contribution >= 4 is 39.2 Å². The summed E-state index contributed by atoms with van der Waals surface area (Å²) in [6.45, 7) is 2.78. The van der Waals surface area contributed by atoms with E-state index in [1.165, 1.54) is 9.18 Å². The maximum absolute atomic E-state index is 13.1. The molecule has 2 aliphatic rings. The van der Waals surface area contributed by atoms with Crippen LogP contribution < -0.4 is 0 Å². The van der Waals surface area contributed by atoms with Crippen LogP contribution in [0, 0.1) is 0 Å². The average molecular weight is 452 g/mol. The quantitative estimate of drug-likeness (QED) is 0.633. The number of hydrogen-bond donors (Lipinski definition) is 0. The van der Waals surface area contributed by atoms with Crippen LogP contribution >= 0.6 is 23.1 Å². The maximum Gasteiger partial charge on any atom is 0.282 e. The number of thioether (sulfide) groups is 1. The van der Waals surface area contributed by atoms with E-state index in [1.807, 2.05) is 30.3 Å². The lowest BCUT2D eigenvalue weighted by molar-refractivity contribution is 0.0691. The molecule has 1 aromatic heterocycles. The first-order valence-electron chi connectivity index (χ1n) is 9.84. The molecule has 1 aromatic carbocycles. The Labute approximate surface area is 180 Å². The van der Waals surface area contributed by atoms with Crippen LogP contribution in [0.4, 0.5) is 0 Å². The van der Waals surface area contributed by atoms with Crippen molar-refractivity contribution in [3.8, 4) is 0 Å². The van der Waals surface area contributed by atoms with E-state index >= 15 is 0 Å². The van der Waals surface area contributed by atoms with Crippen molar-refractivity contribution in [3.63, 3.8) is 0 Å². The van der Waals surface area contributed by atoms with Crippen LogP contribution in [0.2, 0.25) is 0 Å². The number of thiophene rings is 1. The van der Waals surface area contributed by atoms with Gasteiger partial charge < -0.3 is 4.90 Å². The largest absolute Gasteiger partial charge is 0.336 e. The highest BCUT2D eigenvalue weighted by Crippen LogP contribution is 2.29. The molecule has 156 valence electrons. The standard InChI is InChI=1S/C20H25N3O3S3/c24-20(18-7-1-2-8-19(18)28-16-17-6-5-15-27-17)21-11-13-23(14-12-21)29(25,26)22-9-3-4-10-22/h1-2,5-8,15H,3-4,9-14,16H2. The van der Waals surface area contributed by atoms with Crippen molar-refractivity contribution in [1.82, 2.24) is 13.5 Å². The minimum atomic E-state index is -3.39. The summed E-state index contributed by atoms with van der Waals surface area (Å²) in [5, 5.41) is 2.06. The molecule has 0 N–H and O–H groups in total. The first-order valence-corrected chi connectivity index (χ1v) is 13.1. The van der Waals surface area contributed by atoms with Gasteiger partial charge in [0.2, 0.25) is 0 Å². The van der Waals surface area contributed by atoms with Crippen molar-refractivity contribution in [1.29, 1.82) is 0 Å². The molecule has 9 heteroatoms. The molecule has 29 heavy (non-hydrogen) atoms. The molecule has 6 nitrogen and oxygen atoms in total. The Kier molecular flexibility index (Phi) is 6.60. The zero-order valence-corrected chi connectivity index (χ0v) is 18.6. The van der Waals surface area contributed by atoms with Gasteiger partial charge in [-0.25, -0.2) is 0 Å². The van der Waals surface area contributed by atoms with Gasteiger partial charge in [0.05, 0.1) is 5.56 Å². The van der Waals surface area contributed by atoms with E-state index in [0.29, 0.717) is 44.8 Å². The Bertz CT molecular complexity index is 933. The summed E-state index contributed by atoms with van der Waals surface area (Å²) in [5.41, 5.74) is 0.699. The van der Waals surface area contributed by atoms with Crippen LogP contribution in [0.15, 0.2) is 46.7 Å². The van der Waals surface area contributed by atoms with Gasteiger partial charge in [-0.2, -0.15) is 17.0 Å². The normalized spacial score (nSPS) is 19.0. The molecular formula is C20H25N3O3S3. The fourth-order valence-electron chi connectivity index (χ4n) is 3.69. The smallest absolute Gasteiger partial charge is 0.282 e. The van der Waals surface area contributed by atoms with Gasteiger partial charge in [-0.3, -0.25) is 4.79 Å². The number of carbonyl (C=O) groups excluding carboxylic acids is 1. The Morgan fingerprint density at radius 2 is 1.62 bits per heavy atom. The Morgan fingerprint density at radius 3 is 2.31 bits per heavy atom.